The van der Waals surface area contributed by atoms with E-state index in [1.165, 1.54) is 0 Å². The highest BCUT2D eigenvalue weighted by molar-refractivity contribution is 5.98. The number of hydrogen-bond acceptors (Lipinski definition) is 7. The molecule has 0 aliphatic carbocycles. The van der Waals surface area contributed by atoms with Crippen molar-refractivity contribution < 1.29 is 0 Å². The third-order valence-corrected chi connectivity index (χ3v) is 4.12. The molecular weight excluding hydrogens is 318 g/mol. The predicted molar refractivity (Wildman–Crippen MR) is 95.3 cm³/mol. The first-order valence-electron chi connectivity index (χ1n) is 8.04. The number of aryl methyl sites for hydroxylation is 2. The van der Waals surface area contributed by atoms with Gasteiger partial charge in [0.15, 0.2) is 5.84 Å². The largest absolute Gasteiger partial charge is 0.344 e. The summed E-state index contributed by atoms with van der Waals surface area (Å²) in [6, 6.07) is 5.79. The highest BCUT2D eigenvalue weighted by Crippen LogP contribution is 2.23. The quantitative estimate of drug-likeness (QED) is 0.486. The number of amidine groups is 1. The van der Waals surface area contributed by atoms with Crippen molar-refractivity contribution in [3.05, 3.63) is 42.5 Å². The molecule has 0 unspecified atom stereocenters. The van der Waals surface area contributed by atoms with Crippen LogP contribution in [0.1, 0.15) is 12.1 Å². The molecule has 0 atom stereocenters. The van der Waals surface area contributed by atoms with E-state index in [9.17, 15) is 0 Å². The molecule has 4 N–H and O–H groups in total. The van der Waals surface area contributed by atoms with E-state index in [0.717, 1.165) is 42.3 Å². The van der Waals surface area contributed by atoms with Crippen molar-refractivity contribution >= 4 is 17.6 Å². The molecule has 4 rings (SSSR count). The molecule has 3 aromatic rings. The lowest BCUT2D eigenvalue weighted by atomic mass is 10.2. The van der Waals surface area contributed by atoms with Crippen molar-refractivity contribution in [2.45, 2.75) is 13.0 Å². The van der Waals surface area contributed by atoms with Crippen LogP contribution in [0.15, 0.2) is 41.8 Å². The number of aromatic nitrogens is 5. The molecule has 0 fully saturated rings. The van der Waals surface area contributed by atoms with E-state index >= 15 is 0 Å². The Balaban J connectivity index is 1.67. The first kappa shape index (κ1) is 15.3. The zero-order chi connectivity index (χ0) is 17.2. The van der Waals surface area contributed by atoms with E-state index in [1.54, 1.807) is 17.1 Å². The Morgan fingerprint density at radius 3 is 2.96 bits per heavy atom. The van der Waals surface area contributed by atoms with Crippen LogP contribution in [0.2, 0.25) is 0 Å². The van der Waals surface area contributed by atoms with Crippen molar-refractivity contribution in [2.24, 2.45) is 17.9 Å². The third-order valence-electron chi connectivity index (χ3n) is 4.12. The maximum atomic E-state index is 5.61. The predicted octanol–water partition coefficient (Wildman–Crippen LogP) is 1.04. The fourth-order valence-corrected chi connectivity index (χ4v) is 2.86. The lowest BCUT2D eigenvalue weighted by Crippen LogP contribution is -2.32. The lowest BCUT2D eigenvalue weighted by Gasteiger charge is -2.05. The van der Waals surface area contributed by atoms with Crippen molar-refractivity contribution in [3.8, 4) is 11.3 Å². The number of hydrogen-bond donors (Lipinski definition) is 3. The van der Waals surface area contributed by atoms with E-state index in [1.807, 2.05) is 25.2 Å². The number of nitrogens with one attached hydrogen (secondary N) is 2. The smallest absolute Gasteiger partial charge is 0.228 e. The van der Waals surface area contributed by atoms with Crippen molar-refractivity contribution in [1.29, 1.82) is 0 Å². The molecule has 0 bridgehead atoms. The number of anilines is 2. The third kappa shape index (κ3) is 2.96. The minimum atomic E-state index is 0.522. The van der Waals surface area contributed by atoms with E-state index < -0.39 is 0 Å². The minimum Gasteiger partial charge on any atom is -0.344 e. The number of nitrogens with two attached hydrogens (primary N) is 1. The summed E-state index contributed by atoms with van der Waals surface area (Å²) in [6.45, 7) is 1.66. The van der Waals surface area contributed by atoms with Crippen LogP contribution >= 0.6 is 0 Å². The maximum absolute atomic E-state index is 5.61. The van der Waals surface area contributed by atoms with Gasteiger partial charge in [-0.15, -0.1) is 0 Å². The molecule has 9 nitrogen and oxygen atoms in total. The van der Waals surface area contributed by atoms with E-state index in [2.05, 4.69) is 41.6 Å². The van der Waals surface area contributed by atoms with Crippen LogP contribution < -0.4 is 16.6 Å². The second kappa shape index (κ2) is 6.36. The molecule has 0 aromatic carbocycles. The Morgan fingerprint density at radius 1 is 1.24 bits per heavy atom. The average Bonchev–Trinajstić information content (AvgIpc) is 3.17. The van der Waals surface area contributed by atoms with Gasteiger partial charge in [0.05, 0.1) is 17.6 Å². The summed E-state index contributed by atoms with van der Waals surface area (Å²) >= 11 is 0. The van der Waals surface area contributed by atoms with Crippen LogP contribution in [-0.2, 0) is 13.6 Å². The van der Waals surface area contributed by atoms with Gasteiger partial charge in [-0.05, 0) is 18.6 Å². The van der Waals surface area contributed by atoms with Crippen LogP contribution in [-0.4, -0.2) is 36.7 Å². The molecular formula is C16H19N9. The van der Waals surface area contributed by atoms with Gasteiger partial charge in [-0.2, -0.15) is 5.10 Å². The van der Waals surface area contributed by atoms with Crippen LogP contribution in [0.4, 0.5) is 11.8 Å². The lowest BCUT2D eigenvalue weighted by molar-refractivity contribution is 0.663. The van der Waals surface area contributed by atoms with E-state index in [0.29, 0.717) is 11.8 Å². The van der Waals surface area contributed by atoms with Crippen molar-refractivity contribution in [1.82, 2.24) is 29.7 Å². The SMILES string of the molecule is Cn1nccc1Nc1nccc(-c2cc3n(c2)CCCN=C3NN)n1. The summed E-state index contributed by atoms with van der Waals surface area (Å²) in [7, 11) is 1.86. The fraction of sp³-hybridized carbons (Fsp3) is 0.250. The number of nitrogens with zero attached hydrogens (tertiary/aromatic N) is 6. The standard InChI is InChI=1S/C16H19N9/c1-24-14(4-7-20-24)22-16-19-6-3-12(21-16)11-9-13-15(23-17)18-5-2-8-25(13)10-11/h3-4,6-7,9-10H,2,5,8,17H2,1H3,(H,18,23)(H,19,21,22). The topological polar surface area (TPSA) is 111 Å². The molecule has 0 radical (unpaired) electrons. The van der Waals surface area contributed by atoms with Gasteiger partial charge < -0.3 is 15.3 Å². The number of aliphatic imine (C=N–C) groups is 1. The fourth-order valence-electron chi connectivity index (χ4n) is 2.86. The molecule has 4 heterocycles. The summed E-state index contributed by atoms with van der Waals surface area (Å²) in [5, 5.41) is 7.30. The zero-order valence-electron chi connectivity index (χ0n) is 13.8. The van der Waals surface area contributed by atoms with Gasteiger partial charge in [0.1, 0.15) is 5.82 Å². The highest BCUT2D eigenvalue weighted by atomic mass is 15.3. The van der Waals surface area contributed by atoms with E-state index in [4.69, 9.17) is 5.84 Å². The van der Waals surface area contributed by atoms with Gasteiger partial charge in [-0.3, -0.25) is 9.67 Å². The summed E-state index contributed by atoms with van der Waals surface area (Å²) in [5.41, 5.74) is 5.48. The van der Waals surface area contributed by atoms with Crippen LogP contribution in [0, 0.1) is 0 Å². The second-order valence-electron chi connectivity index (χ2n) is 5.77. The van der Waals surface area contributed by atoms with E-state index in [-0.39, 0.29) is 0 Å². The molecule has 128 valence electrons. The molecule has 3 aromatic heterocycles. The molecule has 9 heteroatoms. The Hall–Kier alpha value is -3.20. The molecule has 0 amide bonds. The van der Waals surface area contributed by atoms with Crippen molar-refractivity contribution in [3.63, 3.8) is 0 Å². The molecule has 1 aliphatic rings. The second-order valence-corrected chi connectivity index (χ2v) is 5.77. The van der Waals surface area contributed by atoms with Crippen LogP contribution in [0.25, 0.3) is 11.3 Å². The Morgan fingerprint density at radius 2 is 2.16 bits per heavy atom. The molecule has 0 spiro atoms. The number of rotatable bonds is 3. The van der Waals surface area contributed by atoms with Gasteiger partial charge >= 0.3 is 0 Å². The Kier molecular flexibility index (Phi) is 3.90. The van der Waals surface area contributed by atoms with Gasteiger partial charge in [0.25, 0.3) is 0 Å². The average molecular weight is 337 g/mol. The molecule has 1 aliphatic heterocycles. The van der Waals surface area contributed by atoms with Gasteiger partial charge in [0.2, 0.25) is 5.95 Å². The summed E-state index contributed by atoms with van der Waals surface area (Å²) < 4.78 is 3.88. The maximum Gasteiger partial charge on any atom is 0.228 e. The van der Waals surface area contributed by atoms with Crippen molar-refractivity contribution in [2.75, 3.05) is 11.9 Å². The number of fused-ring (bicyclic) bond motifs is 1. The number of hydrazine groups is 1. The normalized spacial score (nSPS) is 13.8. The Bertz CT molecular complexity index is 921. The summed E-state index contributed by atoms with van der Waals surface area (Å²) in [4.78, 5) is 13.4. The first-order valence-corrected chi connectivity index (χ1v) is 8.04. The molecule has 0 saturated heterocycles. The van der Waals surface area contributed by atoms with Crippen LogP contribution in [0.3, 0.4) is 0 Å². The van der Waals surface area contributed by atoms with Gasteiger partial charge in [-0.25, -0.2) is 15.8 Å². The Labute approximate surface area is 144 Å². The van der Waals surface area contributed by atoms with Crippen LogP contribution in [0.5, 0.6) is 0 Å². The van der Waals surface area contributed by atoms with Gasteiger partial charge in [-0.1, -0.05) is 0 Å². The summed E-state index contributed by atoms with van der Waals surface area (Å²) in [5.74, 6) is 7.66. The monoisotopic (exact) mass is 337 g/mol. The molecule has 0 saturated carbocycles. The highest BCUT2D eigenvalue weighted by Gasteiger charge is 2.15. The molecule has 25 heavy (non-hydrogen) atoms. The zero-order valence-corrected chi connectivity index (χ0v) is 13.8. The first-order chi connectivity index (χ1) is 12.2. The minimum absolute atomic E-state index is 0.522. The van der Waals surface area contributed by atoms with Gasteiger partial charge in [0, 0.05) is 44.2 Å². The summed E-state index contributed by atoms with van der Waals surface area (Å²) in [6.07, 6.45) is 6.50.